The van der Waals surface area contributed by atoms with Crippen molar-refractivity contribution in [3.8, 4) is 0 Å². The SMILES string of the molecule is CC(=O)NCCN1CCC[C@@H](C2CN(c3cnc4c(C(F)(F)F)nn(C(C)c5ccc(Cl)cc5Cl)c4n3)C2)C1. The van der Waals surface area contributed by atoms with Gasteiger partial charge in [0.25, 0.3) is 0 Å². The Bertz CT molecular complexity index is 1360. The zero-order chi connectivity index (χ0) is 27.9. The van der Waals surface area contributed by atoms with Crippen molar-refractivity contribution in [2.24, 2.45) is 11.8 Å². The number of fused-ring (bicyclic) bond motifs is 1. The first kappa shape index (κ1) is 27.9. The summed E-state index contributed by atoms with van der Waals surface area (Å²) in [5.74, 6) is 1.50. The van der Waals surface area contributed by atoms with Gasteiger partial charge < -0.3 is 15.1 Å². The Morgan fingerprint density at radius 3 is 2.67 bits per heavy atom. The van der Waals surface area contributed by atoms with E-state index in [0.29, 0.717) is 39.8 Å². The van der Waals surface area contributed by atoms with Crippen LogP contribution in [-0.2, 0) is 11.0 Å². The number of hydrogen-bond donors (Lipinski definition) is 1. The van der Waals surface area contributed by atoms with Gasteiger partial charge in [-0.15, -0.1) is 0 Å². The highest BCUT2D eigenvalue weighted by molar-refractivity contribution is 6.35. The molecule has 0 bridgehead atoms. The molecule has 1 amide bonds. The molecule has 39 heavy (non-hydrogen) atoms. The number of carbonyl (C=O) groups excluding carboxylic acids is 1. The molecule has 5 rings (SSSR count). The highest BCUT2D eigenvalue weighted by atomic mass is 35.5. The molecule has 0 radical (unpaired) electrons. The maximum atomic E-state index is 13.8. The number of likely N-dealkylation sites (tertiary alicyclic amines) is 1. The van der Waals surface area contributed by atoms with Crippen LogP contribution in [0.25, 0.3) is 11.2 Å². The lowest BCUT2D eigenvalue weighted by Gasteiger charge is -2.47. The van der Waals surface area contributed by atoms with Crippen molar-refractivity contribution in [2.75, 3.05) is 44.2 Å². The van der Waals surface area contributed by atoms with Gasteiger partial charge in [0.2, 0.25) is 5.91 Å². The van der Waals surface area contributed by atoms with Crippen LogP contribution in [-0.4, -0.2) is 69.8 Å². The number of benzene rings is 1. The second-order valence-corrected chi connectivity index (χ2v) is 11.2. The molecule has 2 saturated heterocycles. The van der Waals surface area contributed by atoms with Crippen LogP contribution in [0.5, 0.6) is 0 Å². The van der Waals surface area contributed by atoms with Crippen LogP contribution in [0.3, 0.4) is 0 Å². The van der Waals surface area contributed by atoms with Gasteiger partial charge in [-0.3, -0.25) is 4.79 Å². The molecular formula is C26H30Cl2F3N7O. The fourth-order valence-electron chi connectivity index (χ4n) is 5.55. The smallest absolute Gasteiger partial charge is 0.355 e. The average molecular weight is 584 g/mol. The number of halogens is 5. The number of nitrogens with zero attached hydrogens (tertiary/aromatic N) is 6. The van der Waals surface area contributed by atoms with Gasteiger partial charge in [-0.1, -0.05) is 29.3 Å². The van der Waals surface area contributed by atoms with Crippen LogP contribution in [0.1, 0.15) is 44.0 Å². The van der Waals surface area contributed by atoms with Gasteiger partial charge in [-0.25, -0.2) is 14.6 Å². The number of amides is 1. The van der Waals surface area contributed by atoms with Gasteiger partial charge in [-0.2, -0.15) is 18.3 Å². The lowest BCUT2D eigenvalue weighted by molar-refractivity contribution is -0.140. The van der Waals surface area contributed by atoms with Crippen LogP contribution in [0.15, 0.2) is 24.4 Å². The Morgan fingerprint density at radius 2 is 1.97 bits per heavy atom. The molecule has 2 aromatic heterocycles. The number of anilines is 1. The maximum Gasteiger partial charge on any atom is 0.437 e. The molecule has 2 aliphatic rings. The number of aromatic nitrogens is 4. The van der Waals surface area contributed by atoms with Crippen LogP contribution in [0.4, 0.5) is 19.0 Å². The highest BCUT2D eigenvalue weighted by Crippen LogP contribution is 2.38. The molecule has 1 unspecified atom stereocenters. The van der Waals surface area contributed by atoms with Crippen molar-refractivity contribution in [1.82, 2.24) is 30.0 Å². The zero-order valence-electron chi connectivity index (χ0n) is 21.7. The molecule has 3 aromatic rings. The number of piperidine rings is 1. The highest BCUT2D eigenvalue weighted by Gasteiger charge is 2.40. The van der Waals surface area contributed by atoms with Crippen molar-refractivity contribution >= 4 is 46.1 Å². The van der Waals surface area contributed by atoms with Crippen LogP contribution in [0, 0.1) is 11.8 Å². The third kappa shape index (κ3) is 5.95. The van der Waals surface area contributed by atoms with Crippen molar-refractivity contribution in [3.05, 3.63) is 45.7 Å². The quantitative estimate of drug-likeness (QED) is 0.419. The Hall–Kier alpha value is -2.63. The van der Waals surface area contributed by atoms with E-state index in [1.165, 1.54) is 17.8 Å². The van der Waals surface area contributed by atoms with Crippen molar-refractivity contribution in [2.45, 2.75) is 38.9 Å². The van der Waals surface area contributed by atoms with Gasteiger partial charge in [0, 0.05) is 49.7 Å². The number of alkyl halides is 3. The van der Waals surface area contributed by atoms with E-state index in [1.54, 1.807) is 25.1 Å². The Balaban J connectivity index is 1.34. The summed E-state index contributed by atoms with van der Waals surface area (Å²) in [6.45, 7) is 8.24. The molecule has 0 spiro atoms. The molecule has 2 aliphatic heterocycles. The molecule has 2 atom stereocenters. The lowest BCUT2D eigenvalue weighted by atomic mass is 9.80. The fraction of sp³-hybridized carbons (Fsp3) is 0.538. The summed E-state index contributed by atoms with van der Waals surface area (Å²) in [5.41, 5.74) is -0.724. The van der Waals surface area contributed by atoms with Crippen molar-refractivity contribution in [1.29, 1.82) is 0 Å². The molecule has 1 aromatic carbocycles. The Morgan fingerprint density at radius 1 is 1.21 bits per heavy atom. The van der Waals surface area contributed by atoms with E-state index < -0.39 is 17.9 Å². The minimum absolute atomic E-state index is 0.0226. The molecule has 1 N–H and O–H groups in total. The molecule has 0 aliphatic carbocycles. The van der Waals surface area contributed by atoms with E-state index in [4.69, 9.17) is 23.2 Å². The summed E-state index contributed by atoms with van der Waals surface area (Å²) >= 11 is 12.4. The number of carbonyl (C=O) groups is 1. The average Bonchev–Trinajstić information content (AvgIpc) is 3.22. The lowest BCUT2D eigenvalue weighted by Crippen LogP contribution is -2.54. The number of nitrogens with one attached hydrogen (secondary N) is 1. The summed E-state index contributed by atoms with van der Waals surface area (Å²) < 4.78 is 42.8. The number of hydrogen-bond acceptors (Lipinski definition) is 6. The number of rotatable bonds is 7. The molecule has 2 fully saturated rings. The Labute approximate surface area is 234 Å². The third-order valence-corrected chi connectivity index (χ3v) is 8.25. The molecule has 4 heterocycles. The maximum absolute atomic E-state index is 13.8. The second-order valence-electron chi connectivity index (χ2n) is 10.4. The molecule has 210 valence electrons. The first-order valence-corrected chi connectivity index (χ1v) is 13.8. The minimum Gasteiger partial charge on any atom is -0.355 e. The first-order valence-electron chi connectivity index (χ1n) is 13.0. The minimum atomic E-state index is -4.68. The van der Waals surface area contributed by atoms with Crippen LogP contribution < -0.4 is 10.2 Å². The predicted octanol–water partition coefficient (Wildman–Crippen LogP) is 5.05. The van der Waals surface area contributed by atoms with Gasteiger partial charge in [0.15, 0.2) is 11.3 Å². The van der Waals surface area contributed by atoms with Gasteiger partial charge in [0.1, 0.15) is 11.3 Å². The summed E-state index contributed by atoms with van der Waals surface area (Å²) in [7, 11) is 0. The van der Waals surface area contributed by atoms with E-state index in [9.17, 15) is 18.0 Å². The van der Waals surface area contributed by atoms with E-state index in [2.05, 4.69) is 30.2 Å². The van der Waals surface area contributed by atoms with E-state index in [0.717, 1.165) is 45.6 Å². The van der Waals surface area contributed by atoms with E-state index in [1.807, 2.05) is 0 Å². The van der Waals surface area contributed by atoms with Gasteiger partial charge >= 0.3 is 6.18 Å². The largest absolute Gasteiger partial charge is 0.437 e. The van der Waals surface area contributed by atoms with Gasteiger partial charge in [-0.05, 0) is 55.8 Å². The predicted molar refractivity (Wildman–Crippen MR) is 144 cm³/mol. The summed E-state index contributed by atoms with van der Waals surface area (Å²) in [5, 5.41) is 7.52. The topological polar surface area (TPSA) is 79.2 Å². The molecular weight excluding hydrogens is 554 g/mol. The third-order valence-electron chi connectivity index (χ3n) is 7.68. The van der Waals surface area contributed by atoms with Crippen LogP contribution >= 0.6 is 23.2 Å². The fourth-order valence-corrected chi connectivity index (χ4v) is 6.12. The second kappa shape index (κ2) is 11.1. The van der Waals surface area contributed by atoms with Crippen molar-refractivity contribution < 1.29 is 18.0 Å². The van der Waals surface area contributed by atoms with Gasteiger partial charge in [0.05, 0.1) is 12.2 Å². The molecule has 0 saturated carbocycles. The molecule has 13 heteroatoms. The Kier molecular flexibility index (Phi) is 7.94. The van der Waals surface area contributed by atoms with Crippen molar-refractivity contribution in [3.63, 3.8) is 0 Å². The zero-order valence-corrected chi connectivity index (χ0v) is 23.2. The normalized spacial score (nSPS) is 19.8. The summed E-state index contributed by atoms with van der Waals surface area (Å²) in [4.78, 5) is 24.4. The standard InChI is InChI=1S/C26H30Cl2F3N7O/c1-15(20-6-5-19(27)10-21(20)28)38-25-23(24(35-38)26(29,30)31)33-11-22(34-25)37-13-18(14-37)17-4-3-8-36(12-17)9-7-32-16(2)39/h5-6,10-11,15,17-18H,3-4,7-9,12-14H2,1-2H3,(H,32,39)/t15?,17-/m1/s1. The molecule has 8 nitrogen and oxygen atoms in total. The first-order chi connectivity index (χ1) is 18.5. The summed E-state index contributed by atoms with van der Waals surface area (Å²) in [6.07, 6.45) is -1.03. The van der Waals surface area contributed by atoms with Crippen LogP contribution in [0.2, 0.25) is 10.0 Å². The van der Waals surface area contributed by atoms with E-state index >= 15 is 0 Å². The summed E-state index contributed by atoms with van der Waals surface area (Å²) in [6, 6.07) is 4.23. The monoisotopic (exact) mass is 583 g/mol. The van der Waals surface area contributed by atoms with E-state index in [-0.39, 0.29) is 17.1 Å².